The number of benzene rings is 2. The molecule has 2 amide bonds. The summed E-state index contributed by atoms with van der Waals surface area (Å²) in [6, 6.07) is 11.6. The van der Waals surface area contributed by atoms with E-state index in [2.05, 4.69) is 21.2 Å². The molecule has 10 nitrogen and oxygen atoms in total. The van der Waals surface area contributed by atoms with Gasteiger partial charge in [0.1, 0.15) is 6.61 Å². The molecule has 0 atom stereocenters. The zero-order chi connectivity index (χ0) is 28.1. The summed E-state index contributed by atoms with van der Waals surface area (Å²) in [6.45, 7) is 0.363. The van der Waals surface area contributed by atoms with Crippen LogP contribution in [0.3, 0.4) is 0 Å². The number of rotatable bonds is 11. The molecule has 2 aliphatic carbocycles. The minimum Gasteiger partial charge on any atom is -0.445 e. The minimum atomic E-state index is -4.22. The summed E-state index contributed by atoms with van der Waals surface area (Å²) in [5.74, 6) is -0.550. The Bertz CT molecular complexity index is 1460. The first-order valence-electron chi connectivity index (χ1n) is 13.7. The van der Waals surface area contributed by atoms with Crippen LogP contribution in [0.1, 0.15) is 52.6 Å². The molecule has 0 saturated carbocycles. The fraction of sp³-hybridized carbons (Fsp3) is 0.414. The monoisotopic (exact) mass is 588 g/mol. The minimum absolute atomic E-state index is 0. The van der Waals surface area contributed by atoms with Crippen LogP contribution in [0.5, 0.6) is 0 Å². The van der Waals surface area contributed by atoms with Crippen molar-refractivity contribution in [2.24, 2.45) is 7.05 Å². The van der Waals surface area contributed by atoms with Gasteiger partial charge in [-0.05, 0) is 78.3 Å². The van der Waals surface area contributed by atoms with Crippen LogP contribution in [-0.2, 0) is 65.5 Å². The van der Waals surface area contributed by atoms with Crippen LogP contribution < -0.4 is 14.3 Å². The Morgan fingerprint density at radius 1 is 1.05 bits per heavy atom. The molecule has 1 aromatic heterocycles. The van der Waals surface area contributed by atoms with Crippen LogP contribution >= 0.6 is 0 Å². The van der Waals surface area contributed by atoms with Gasteiger partial charge < -0.3 is 10.1 Å². The van der Waals surface area contributed by atoms with Gasteiger partial charge in [0.05, 0.1) is 18.3 Å². The van der Waals surface area contributed by atoms with Crippen molar-refractivity contribution in [1.82, 2.24) is 19.8 Å². The summed E-state index contributed by atoms with van der Waals surface area (Å²) in [5.41, 5.74) is 7.27. The number of carbonyl (C=O) groups is 2. The summed E-state index contributed by atoms with van der Waals surface area (Å²) < 4.78 is 37.0. The number of carbonyl (C=O) groups excluding carboxylic acids is 2. The summed E-state index contributed by atoms with van der Waals surface area (Å²) in [7, 11) is -2.53. The number of alkyl carbamates (subject to hydrolysis) is 1. The van der Waals surface area contributed by atoms with Gasteiger partial charge in [-0.1, -0.05) is 36.4 Å². The van der Waals surface area contributed by atoms with Crippen molar-refractivity contribution < 1.29 is 22.7 Å². The first-order chi connectivity index (χ1) is 19.3. The van der Waals surface area contributed by atoms with Crippen LogP contribution in [0.2, 0.25) is 0 Å². The molecule has 2 N–H and O–H groups in total. The van der Waals surface area contributed by atoms with E-state index in [1.165, 1.54) is 33.1 Å². The van der Waals surface area contributed by atoms with Gasteiger partial charge in [0, 0.05) is 55.9 Å². The van der Waals surface area contributed by atoms with E-state index in [-0.39, 0.29) is 55.7 Å². The fourth-order valence-electron chi connectivity index (χ4n) is 5.66. The van der Waals surface area contributed by atoms with Crippen LogP contribution in [0.4, 0.5) is 10.5 Å². The molecular formula is C29H35N5NaO5S. The molecule has 213 valence electrons. The molecular weight excluding hydrogens is 553 g/mol. The number of fused-ring (bicyclic) bond motifs is 2. The van der Waals surface area contributed by atoms with Crippen molar-refractivity contribution in [1.29, 1.82) is 0 Å². The van der Waals surface area contributed by atoms with E-state index < -0.39 is 22.2 Å². The Labute approximate surface area is 263 Å². The van der Waals surface area contributed by atoms with Gasteiger partial charge in [-0.2, -0.15) is 13.5 Å². The second-order valence-electron chi connectivity index (χ2n) is 10.3. The van der Waals surface area contributed by atoms with E-state index in [4.69, 9.17) is 4.74 Å². The van der Waals surface area contributed by atoms with Crippen molar-refractivity contribution in [3.05, 3.63) is 82.2 Å². The van der Waals surface area contributed by atoms with Gasteiger partial charge >= 0.3 is 16.3 Å². The van der Waals surface area contributed by atoms with E-state index >= 15 is 0 Å². The molecule has 0 bridgehead atoms. The molecule has 5 rings (SSSR count). The number of nitrogens with zero attached hydrogens (tertiary/aromatic N) is 3. The number of ether oxygens (including phenoxy) is 1. The third-order valence-corrected chi connectivity index (χ3v) is 8.93. The van der Waals surface area contributed by atoms with Crippen molar-refractivity contribution in [2.45, 2.75) is 58.0 Å². The van der Waals surface area contributed by atoms with E-state index in [1.54, 1.807) is 13.2 Å². The standard InChI is InChI=1S/C29H35N5O5S.Na/c1-33-19-24(18-31-33)34(15-7-14-30-29(36)39-20-21-8-3-2-4-9-21)40(37,38)32-28(35)17-27-25-12-5-10-22(25)16-23-11-6-13-26(23)27;/h2-4,8-9,16,18-19H,5-7,10-15,17,20H2,1H3,(H,30,36)(H,32,35);. The van der Waals surface area contributed by atoms with Crippen LogP contribution in [0.25, 0.3) is 0 Å². The fourth-order valence-corrected chi connectivity index (χ4v) is 6.87. The van der Waals surface area contributed by atoms with E-state index in [1.807, 2.05) is 30.3 Å². The van der Waals surface area contributed by atoms with E-state index in [0.717, 1.165) is 54.0 Å². The van der Waals surface area contributed by atoms with Gasteiger partial charge in [-0.3, -0.25) is 13.8 Å². The molecule has 41 heavy (non-hydrogen) atoms. The predicted molar refractivity (Wildman–Crippen MR) is 157 cm³/mol. The van der Waals surface area contributed by atoms with Crippen LogP contribution in [0.15, 0.2) is 48.8 Å². The maximum atomic E-state index is 13.4. The van der Waals surface area contributed by atoms with Crippen molar-refractivity contribution in [2.75, 3.05) is 17.4 Å². The first-order valence-corrected chi connectivity index (χ1v) is 15.2. The topological polar surface area (TPSA) is 123 Å². The molecule has 12 heteroatoms. The molecule has 1 radical (unpaired) electrons. The Morgan fingerprint density at radius 3 is 2.37 bits per heavy atom. The Balaban J connectivity index is 0.00000387. The molecule has 1 heterocycles. The number of amides is 2. The van der Waals surface area contributed by atoms with Gasteiger partial charge in [-0.15, -0.1) is 0 Å². The average Bonchev–Trinajstić information content (AvgIpc) is 3.68. The van der Waals surface area contributed by atoms with E-state index in [9.17, 15) is 18.0 Å². The van der Waals surface area contributed by atoms with Gasteiger partial charge in [0.15, 0.2) is 0 Å². The largest absolute Gasteiger partial charge is 0.445 e. The molecule has 2 aliphatic rings. The molecule has 3 aromatic rings. The maximum Gasteiger partial charge on any atom is 0.407 e. The first kappa shape index (κ1) is 31.1. The quantitative estimate of drug-likeness (QED) is 0.262. The van der Waals surface area contributed by atoms with E-state index in [0.29, 0.717) is 12.1 Å². The number of anilines is 1. The van der Waals surface area contributed by atoms with Gasteiger partial charge in [0.2, 0.25) is 5.91 Å². The maximum absolute atomic E-state index is 13.4. The number of hydrogen-bond donors (Lipinski definition) is 2. The molecule has 2 aromatic carbocycles. The third kappa shape index (κ3) is 7.71. The van der Waals surface area contributed by atoms with Gasteiger partial charge in [-0.25, -0.2) is 9.52 Å². The smallest absolute Gasteiger partial charge is 0.407 e. The Hall–Kier alpha value is -2.86. The SMILES string of the molecule is Cn1cc(N(CCCNC(=O)OCc2ccccc2)S(=O)(=O)NC(=O)Cc2c3c(cc4c2CCC4)CCC3)cn1.[Na]. The van der Waals surface area contributed by atoms with Crippen LogP contribution in [-0.4, -0.2) is 72.8 Å². The molecule has 0 fully saturated rings. The second-order valence-corrected chi connectivity index (χ2v) is 11.9. The van der Waals surface area contributed by atoms with Gasteiger partial charge in [0.25, 0.3) is 0 Å². The summed E-state index contributed by atoms with van der Waals surface area (Å²) in [5, 5.41) is 6.74. The van der Waals surface area contributed by atoms with Crippen molar-refractivity contribution in [3.63, 3.8) is 0 Å². The average molecular weight is 589 g/mol. The third-order valence-electron chi connectivity index (χ3n) is 7.47. The Kier molecular flexibility index (Phi) is 10.5. The number of aryl methyl sites for hydroxylation is 3. The summed E-state index contributed by atoms with van der Waals surface area (Å²) in [4.78, 5) is 25.2. The Morgan fingerprint density at radius 2 is 1.73 bits per heavy atom. The second kappa shape index (κ2) is 13.9. The zero-order valence-corrected chi connectivity index (χ0v) is 26.5. The van der Waals surface area contributed by atoms with Crippen molar-refractivity contribution >= 4 is 57.5 Å². The summed E-state index contributed by atoms with van der Waals surface area (Å²) >= 11 is 0. The number of aromatic nitrogens is 2. The number of nitrogens with one attached hydrogen (secondary N) is 2. The normalized spacial score (nSPS) is 13.6. The summed E-state index contributed by atoms with van der Waals surface area (Å²) in [6.07, 6.45) is 8.77. The van der Waals surface area contributed by atoms with Crippen LogP contribution in [0, 0.1) is 0 Å². The molecule has 0 unspecified atom stereocenters. The van der Waals surface area contributed by atoms with Crippen molar-refractivity contribution in [3.8, 4) is 0 Å². The molecule has 0 spiro atoms. The number of hydrogen-bond acceptors (Lipinski definition) is 6. The molecule has 0 aliphatic heterocycles. The molecule has 0 saturated heterocycles. The predicted octanol–water partition coefficient (Wildman–Crippen LogP) is 2.74. The zero-order valence-electron chi connectivity index (χ0n) is 23.7.